The van der Waals surface area contributed by atoms with Crippen LogP contribution >= 0.6 is 24.4 Å². The maximum Gasteiger partial charge on any atom is 0.0796 e. The number of nitrogens with one attached hydrogen (secondary N) is 1. The lowest BCUT2D eigenvalue weighted by atomic mass is 9.97. The summed E-state index contributed by atoms with van der Waals surface area (Å²) in [4.78, 5) is 2.49. The molecule has 0 aliphatic heterocycles. The lowest BCUT2D eigenvalue weighted by molar-refractivity contribution is 0.288. The van der Waals surface area contributed by atoms with E-state index in [4.69, 9.17) is 24.4 Å². The molecule has 2 nitrogen and oxygen atoms in total. The summed E-state index contributed by atoms with van der Waals surface area (Å²) in [5, 5.41) is 3.48. The standard InChI is InChI=1S/C15H26N2S2/c1-5-9-17(6-2)10-7-8-16-13-12(11(3)4)14(18)15(13)19/h11,16H,5-10H2,1-4H3. The van der Waals surface area contributed by atoms with Gasteiger partial charge in [-0.05, 0) is 44.0 Å². The fraction of sp³-hybridized carbons (Fsp3) is 0.733. The molecule has 0 bridgehead atoms. The van der Waals surface area contributed by atoms with Crippen molar-refractivity contribution in [2.75, 3.05) is 31.5 Å². The monoisotopic (exact) mass is 298 g/mol. The van der Waals surface area contributed by atoms with Gasteiger partial charge < -0.3 is 10.2 Å². The average Bonchev–Trinajstić information content (AvgIpc) is 2.39. The molecule has 0 saturated carbocycles. The van der Waals surface area contributed by atoms with Gasteiger partial charge in [-0.1, -0.05) is 52.1 Å². The van der Waals surface area contributed by atoms with Gasteiger partial charge >= 0.3 is 0 Å². The lowest BCUT2D eigenvalue weighted by Crippen LogP contribution is -2.26. The molecule has 0 unspecified atom stereocenters. The fourth-order valence-electron chi connectivity index (χ4n) is 2.40. The number of rotatable bonds is 9. The number of hydrogen-bond acceptors (Lipinski definition) is 4. The largest absolute Gasteiger partial charge is 0.384 e. The first-order chi connectivity index (χ1) is 9.02. The Bertz CT molecular complexity index is 459. The van der Waals surface area contributed by atoms with Crippen LogP contribution in [0.2, 0.25) is 0 Å². The zero-order valence-electron chi connectivity index (χ0n) is 12.6. The molecule has 1 rings (SSSR count). The molecule has 0 aliphatic carbocycles. The van der Waals surface area contributed by atoms with Crippen LogP contribution in [0, 0.1) is 9.02 Å². The molecular weight excluding hydrogens is 272 g/mol. The van der Waals surface area contributed by atoms with Crippen LogP contribution < -0.4 is 5.32 Å². The minimum atomic E-state index is 0.467. The molecule has 108 valence electrons. The molecular formula is C15H26N2S2. The first kappa shape index (κ1) is 16.7. The summed E-state index contributed by atoms with van der Waals surface area (Å²) in [6.07, 6.45) is 2.38. The first-order valence-electron chi connectivity index (χ1n) is 7.32. The first-order valence-corrected chi connectivity index (χ1v) is 8.13. The molecule has 1 aromatic carbocycles. The number of anilines is 1. The second-order valence-corrected chi connectivity index (χ2v) is 6.13. The Morgan fingerprint density at radius 1 is 1.11 bits per heavy atom. The van der Waals surface area contributed by atoms with Gasteiger partial charge in [0.2, 0.25) is 0 Å². The number of nitrogens with zero attached hydrogens (tertiary/aromatic N) is 1. The summed E-state index contributed by atoms with van der Waals surface area (Å²) in [7, 11) is 0. The Morgan fingerprint density at radius 3 is 2.32 bits per heavy atom. The van der Waals surface area contributed by atoms with Crippen molar-refractivity contribution in [1.29, 1.82) is 0 Å². The maximum absolute atomic E-state index is 5.32. The van der Waals surface area contributed by atoms with E-state index in [-0.39, 0.29) is 0 Å². The molecule has 0 spiro atoms. The van der Waals surface area contributed by atoms with Gasteiger partial charge in [-0.15, -0.1) is 0 Å². The third-order valence-corrected chi connectivity index (χ3v) is 4.43. The third-order valence-electron chi connectivity index (χ3n) is 3.46. The van der Waals surface area contributed by atoms with Crippen LogP contribution in [-0.2, 0) is 0 Å². The summed E-state index contributed by atoms with van der Waals surface area (Å²) in [5.41, 5.74) is 2.38. The van der Waals surface area contributed by atoms with Crippen molar-refractivity contribution in [1.82, 2.24) is 4.90 Å². The van der Waals surface area contributed by atoms with Crippen molar-refractivity contribution in [2.45, 2.75) is 46.5 Å². The highest BCUT2D eigenvalue weighted by atomic mass is 32.1. The minimum absolute atomic E-state index is 0.467. The van der Waals surface area contributed by atoms with Crippen LogP contribution in [0.5, 0.6) is 0 Å². The quantitative estimate of drug-likeness (QED) is 0.526. The van der Waals surface area contributed by atoms with E-state index in [2.05, 4.69) is 37.9 Å². The van der Waals surface area contributed by atoms with Crippen molar-refractivity contribution < 1.29 is 0 Å². The normalized spacial score (nSPS) is 11.7. The van der Waals surface area contributed by atoms with E-state index in [1.807, 2.05) is 0 Å². The number of hydrogen-bond donors (Lipinski definition) is 1. The smallest absolute Gasteiger partial charge is 0.0796 e. The lowest BCUT2D eigenvalue weighted by Gasteiger charge is -2.21. The van der Waals surface area contributed by atoms with Crippen molar-refractivity contribution in [3.63, 3.8) is 0 Å². The van der Waals surface area contributed by atoms with Crippen LogP contribution in [0.3, 0.4) is 0 Å². The van der Waals surface area contributed by atoms with Crippen molar-refractivity contribution in [2.24, 2.45) is 0 Å². The highest BCUT2D eigenvalue weighted by Gasteiger charge is 2.16. The minimum Gasteiger partial charge on any atom is -0.384 e. The molecule has 4 heteroatoms. The van der Waals surface area contributed by atoms with E-state index in [0.717, 1.165) is 40.8 Å². The van der Waals surface area contributed by atoms with Gasteiger partial charge in [0, 0.05) is 6.54 Å². The van der Waals surface area contributed by atoms with E-state index in [0.29, 0.717) is 5.92 Å². The summed E-state index contributed by atoms with van der Waals surface area (Å²) in [5.74, 6) is 0.467. The molecule has 1 aromatic rings. The van der Waals surface area contributed by atoms with Crippen molar-refractivity contribution >= 4 is 30.1 Å². The van der Waals surface area contributed by atoms with Crippen LogP contribution in [0.1, 0.15) is 52.0 Å². The van der Waals surface area contributed by atoms with E-state index >= 15 is 0 Å². The van der Waals surface area contributed by atoms with Crippen LogP contribution in [0.4, 0.5) is 5.69 Å². The third kappa shape index (κ3) is 4.33. The maximum atomic E-state index is 5.32. The van der Waals surface area contributed by atoms with E-state index in [9.17, 15) is 0 Å². The molecule has 0 heterocycles. The summed E-state index contributed by atoms with van der Waals surface area (Å²) in [6, 6.07) is 0. The van der Waals surface area contributed by atoms with Crippen LogP contribution in [0.25, 0.3) is 0 Å². The van der Waals surface area contributed by atoms with Crippen molar-refractivity contribution in [3.05, 3.63) is 14.6 Å². The van der Waals surface area contributed by atoms with E-state index in [1.165, 1.54) is 18.5 Å². The highest BCUT2D eigenvalue weighted by Crippen LogP contribution is 2.32. The second-order valence-electron chi connectivity index (χ2n) is 5.32. The van der Waals surface area contributed by atoms with Gasteiger partial charge in [-0.25, -0.2) is 0 Å². The van der Waals surface area contributed by atoms with Gasteiger partial charge in [0.25, 0.3) is 0 Å². The molecule has 0 fully saturated rings. The molecule has 0 atom stereocenters. The Labute approximate surface area is 127 Å². The SMILES string of the molecule is CCCN(CC)CCCNc1c(C(C)C)c(=S)c1=S. The Kier molecular flexibility index (Phi) is 7.11. The molecule has 0 aliphatic rings. The molecule has 0 aromatic heterocycles. The van der Waals surface area contributed by atoms with Crippen LogP contribution in [0.15, 0.2) is 0 Å². The zero-order valence-corrected chi connectivity index (χ0v) is 14.2. The van der Waals surface area contributed by atoms with Gasteiger partial charge in [0.1, 0.15) is 0 Å². The Balaban J connectivity index is 2.40. The molecule has 1 N–H and O–H groups in total. The predicted octanol–water partition coefficient (Wildman–Crippen LogP) is 4.68. The topological polar surface area (TPSA) is 15.3 Å². The van der Waals surface area contributed by atoms with Gasteiger partial charge in [0.15, 0.2) is 0 Å². The molecule has 19 heavy (non-hydrogen) atoms. The molecule has 0 amide bonds. The van der Waals surface area contributed by atoms with Gasteiger partial charge in [0.05, 0.1) is 14.7 Å². The Hall–Kier alpha value is -0.320. The van der Waals surface area contributed by atoms with Gasteiger partial charge in [-0.2, -0.15) is 0 Å². The highest BCUT2D eigenvalue weighted by molar-refractivity contribution is 7.74. The fourth-order valence-corrected chi connectivity index (χ4v) is 3.13. The van der Waals surface area contributed by atoms with Crippen LogP contribution in [-0.4, -0.2) is 31.1 Å². The predicted molar refractivity (Wildman–Crippen MR) is 90.1 cm³/mol. The average molecular weight is 299 g/mol. The zero-order chi connectivity index (χ0) is 14.4. The van der Waals surface area contributed by atoms with E-state index < -0.39 is 0 Å². The molecule has 0 radical (unpaired) electrons. The summed E-state index contributed by atoms with van der Waals surface area (Å²) < 4.78 is 1.76. The summed E-state index contributed by atoms with van der Waals surface area (Å²) >= 11 is 10.6. The second kappa shape index (κ2) is 8.08. The van der Waals surface area contributed by atoms with E-state index in [1.54, 1.807) is 0 Å². The Morgan fingerprint density at radius 2 is 1.79 bits per heavy atom. The summed E-state index contributed by atoms with van der Waals surface area (Å²) in [6.45, 7) is 13.3. The molecule has 0 saturated heterocycles. The van der Waals surface area contributed by atoms with Crippen molar-refractivity contribution in [3.8, 4) is 0 Å². The van der Waals surface area contributed by atoms with Gasteiger partial charge in [-0.3, -0.25) is 0 Å².